The Balaban J connectivity index is 2.21. The molecule has 4 nitrogen and oxygen atoms in total. The molecule has 2 aromatic rings. The van der Waals surface area contributed by atoms with Gasteiger partial charge in [-0.2, -0.15) is 13.2 Å². The highest BCUT2D eigenvalue weighted by atomic mass is 32.2. The lowest BCUT2D eigenvalue weighted by atomic mass is 10.1. The number of hydrogen-bond donors (Lipinski definition) is 1. The van der Waals surface area contributed by atoms with Crippen molar-refractivity contribution in [3.8, 4) is 11.3 Å². The van der Waals surface area contributed by atoms with Gasteiger partial charge in [-0.25, -0.2) is 14.4 Å². The van der Waals surface area contributed by atoms with E-state index in [9.17, 15) is 22.4 Å². The van der Waals surface area contributed by atoms with Gasteiger partial charge in [-0.3, -0.25) is 4.79 Å². The van der Waals surface area contributed by atoms with E-state index < -0.39 is 17.7 Å². The molecule has 0 unspecified atom stereocenters. The number of unbranched alkanes of at least 4 members (excludes halogenated alkanes) is 1. The second kappa shape index (κ2) is 8.98. The van der Waals surface area contributed by atoms with Gasteiger partial charge in [0, 0.05) is 12.1 Å². The minimum absolute atomic E-state index is 0.0150. The molecule has 26 heavy (non-hydrogen) atoms. The monoisotopic (exact) mass is 387 g/mol. The second-order valence-corrected chi connectivity index (χ2v) is 6.36. The van der Waals surface area contributed by atoms with E-state index in [1.807, 2.05) is 6.92 Å². The molecule has 1 aromatic carbocycles. The number of hydrogen-bond acceptors (Lipinski definition) is 4. The Morgan fingerprint density at radius 2 is 1.88 bits per heavy atom. The zero-order chi connectivity index (χ0) is 19.2. The molecule has 0 saturated heterocycles. The zero-order valence-corrected chi connectivity index (χ0v) is 14.8. The average molecular weight is 387 g/mol. The molecule has 0 radical (unpaired) electrons. The zero-order valence-electron chi connectivity index (χ0n) is 13.9. The highest BCUT2D eigenvalue weighted by Crippen LogP contribution is 2.32. The van der Waals surface area contributed by atoms with E-state index in [0.717, 1.165) is 42.8 Å². The fraction of sp³-hybridized carbons (Fsp3) is 0.353. The Morgan fingerprint density at radius 1 is 1.19 bits per heavy atom. The Hall–Kier alpha value is -2.16. The summed E-state index contributed by atoms with van der Waals surface area (Å²) in [5.41, 5.74) is -0.768. The van der Waals surface area contributed by atoms with Crippen molar-refractivity contribution in [1.82, 2.24) is 15.3 Å². The SMILES string of the molecule is CCCCNC(=O)CSc1nc(-c2ccc(F)cc2)cc(C(F)(F)F)n1. The van der Waals surface area contributed by atoms with E-state index in [-0.39, 0.29) is 22.5 Å². The Bertz CT molecular complexity index is 751. The molecule has 9 heteroatoms. The number of rotatable bonds is 7. The summed E-state index contributed by atoms with van der Waals surface area (Å²) in [6, 6.07) is 5.75. The van der Waals surface area contributed by atoms with Crippen LogP contribution in [0, 0.1) is 5.82 Å². The van der Waals surface area contributed by atoms with Crippen molar-refractivity contribution < 1.29 is 22.4 Å². The number of aromatic nitrogens is 2. The maximum atomic E-state index is 13.1. The van der Waals surface area contributed by atoms with E-state index in [2.05, 4.69) is 15.3 Å². The first kappa shape index (κ1) is 20.2. The molecule has 2 rings (SSSR count). The van der Waals surface area contributed by atoms with Crippen LogP contribution in [0.4, 0.5) is 17.6 Å². The predicted octanol–water partition coefficient (Wildman–Crippen LogP) is 4.31. The molecule has 0 bridgehead atoms. The van der Waals surface area contributed by atoms with Crippen molar-refractivity contribution in [2.75, 3.05) is 12.3 Å². The van der Waals surface area contributed by atoms with Crippen molar-refractivity contribution in [1.29, 1.82) is 0 Å². The maximum absolute atomic E-state index is 13.1. The number of nitrogens with one attached hydrogen (secondary N) is 1. The van der Waals surface area contributed by atoms with Gasteiger partial charge in [0.05, 0.1) is 11.4 Å². The summed E-state index contributed by atoms with van der Waals surface area (Å²) < 4.78 is 52.3. The van der Waals surface area contributed by atoms with Crippen LogP contribution in [0.15, 0.2) is 35.5 Å². The van der Waals surface area contributed by atoms with Crippen LogP contribution in [0.5, 0.6) is 0 Å². The summed E-state index contributed by atoms with van der Waals surface area (Å²) in [5.74, 6) is -0.890. The standard InChI is InChI=1S/C17H17F4N3OS/c1-2-3-8-22-15(25)10-26-16-23-13(9-14(24-16)17(19,20)21)11-4-6-12(18)7-5-11/h4-7,9H,2-3,8,10H2,1H3,(H,22,25). The summed E-state index contributed by atoms with van der Waals surface area (Å²) in [6.07, 6.45) is -2.91. The van der Waals surface area contributed by atoms with Crippen molar-refractivity contribution in [3.63, 3.8) is 0 Å². The van der Waals surface area contributed by atoms with Gasteiger partial charge >= 0.3 is 6.18 Å². The van der Waals surface area contributed by atoms with Crippen LogP contribution in [0.1, 0.15) is 25.5 Å². The molecule has 0 aliphatic heterocycles. The number of alkyl halides is 3. The first-order valence-electron chi connectivity index (χ1n) is 7.91. The van der Waals surface area contributed by atoms with Crippen LogP contribution in [0.3, 0.4) is 0 Å². The van der Waals surface area contributed by atoms with E-state index in [0.29, 0.717) is 12.1 Å². The molecule has 0 fully saturated rings. The molecule has 0 saturated carbocycles. The van der Waals surface area contributed by atoms with Crippen molar-refractivity contribution in [3.05, 3.63) is 41.8 Å². The molecule has 0 atom stereocenters. The van der Waals surface area contributed by atoms with Crippen molar-refractivity contribution in [2.24, 2.45) is 0 Å². The number of carbonyl (C=O) groups excluding carboxylic acids is 1. The normalized spacial score (nSPS) is 11.4. The molecule has 140 valence electrons. The molecule has 0 spiro atoms. The van der Waals surface area contributed by atoms with Gasteiger partial charge in [-0.15, -0.1) is 0 Å². The van der Waals surface area contributed by atoms with Gasteiger partial charge in [0.2, 0.25) is 5.91 Å². The third-order valence-corrected chi connectivity index (χ3v) is 4.17. The smallest absolute Gasteiger partial charge is 0.355 e. The third-order valence-electron chi connectivity index (χ3n) is 3.32. The Labute approximate surface area is 152 Å². The van der Waals surface area contributed by atoms with Gasteiger partial charge in [0.1, 0.15) is 11.5 Å². The topological polar surface area (TPSA) is 54.9 Å². The third kappa shape index (κ3) is 5.98. The summed E-state index contributed by atoms with van der Waals surface area (Å²) >= 11 is 0.820. The van der Waals surface area contributed by atoms with E-state index >= 15 is 0 Å². The number of amides is 1. The summed E-state index contributed by atoms with van der Waals surface area (Å²) in [5, 5.41) is 2.51. The van der Waals surface area contributed by atoms with Gasteiger partial charge in [0.25, 0.3) is 0 Å². The average Bonchev–Trinajstić information content (AvgIpc) is 2.60. The van der Waals surface area contributed by atoms with Crippen LogP contribution in [-0.2, 0) is 11.0 Å². The lowest BCUT2D eigenvalue weighted by Crippen LogP contribution is -2.26. The molecule has 1 N–H and O–H groups in total. The fourth-order valence-corrected chi connectivity index (χ4v) is 2.68. The Morgan fingerprint density at radius 3 is 2.50 bits per heavy atom. The molecule has 1 amide bonds. The van der Waals surface area contributed by atoms with Crippen LogP contribution >= 0.6 is 11.8 Å². The summed E-state index contributed by atoms with van der Waals surface area (Å²) in [6.45, 7) is 2.49. The second-order valence-electron chi connectivity index (χ2n) is 5.42. The van der Waals surface area contributed by atoms with E-state index in [1.54, 1.807) is 0 Å². The van der Waals surface area contributed by atoms with Crippen LogP contribution in [0.25, 0.3) is 11.3 Å². The minimum Gasteiger partial charge on any atom is -0.355 e. The number of carbonyl (C=O) groups is 1. The molecular weight excluding hydrogens is 370 g/mol. The van der Waals surface area contributed by atoms with Gasteiger partial charge in [0.15, 0.2) is 5.16 Å². The van der Waals surface area contributed by atoms with Crippen molar-refractivity contribution >= 4 is 17.7 Å². The lowest BCUT2D eigenvalue weighted by molar-refractivity contribution is -0.141. The van der Waals surface area contributed by atoms with E-state index in [4.69, 9.17) is 0 Å². The number of halogens is 4. The molecular formula is C17H17F4N3OS. The largest absolute Gasteiger partial charge is 0.433 e. The van der Waals surface area contributed by atoms with Crippen LogP contribution in [0.2, 0.25) is 0 Å². The van der Waals surface area contributed by atoms with Gasteiger partial charge in [-0.1, -0.05) is 25.1 Å². The maximum Gasteiger partial charge on any atom is 0.433 e. The van der Waals surface area contributed by atoms with Crippen LogP contribution < -0.4 is 5.32 Å². The molecule has 1 heterocycles. The molecule has 0 aliphatic rings. The first-order chi connectivity index (χ1) is 12.3. The van der Waals surface area contributed by atoms with E-state index in [1.165, 1.54) is 12.1 Å². The quantitative estimate of drug-likeness (QED) is 0.333. The minimum atomic E-state index is -4.66. The number of nitrogens with zero attached hydrogens (tertiary/aromatic N) is 2. The highest BCUT2D eigenvalue weighted by molar-refractivity contribution is 7.99. The summed E-state index contributed by atoms with van der Waals surface area (Å²) in [7, 11) is 0. The number of thioether (sulfide) groups is 1. The van der Waals surface area contributed by atoms with Gasteiger partial charge in [-0.05, 0) is 36.8 Å². The summed E-state index contributed by atoms with van der Waals surface area (Å²) in [4.78, 5) is 19.3. The Kier molecular flexibility index (Phi) is 6.96. The first-order valence-corrected chi connectivity index (χ1v) is 8.90. The van der Waals surface area contributed by atoms with Crippen molar-refractivity contribution in [2.45, 2.75) is 31.1 Å². The fourth-order valence-electron chi connectivity index (χ4n) is 1.99. The van der Waals surface area contributed by atoms with Crippen LogP contribution in [-0.4, -0.2) is 28.2 Å². The number of benzene rings is 1. The van der Waals surface area contributed by atoms with Gasteiger partial charge < -0.3 is 5.32 Å². The molecule has 1 aromatic heterocycles. The lowest BCUT2D eigenvalue weighted by Gasteiger charge is -2.10. The predicted molar refractivity (Wildman–Crippen MR) is 91.1 cm³/mol. The highest BCUT2D eigenvalue weighted by Gasteiger charge is 2.34. The molecule has 0 aliphatic carbocycles.